The second-order valence-electron chi connectivity index (χ2n) is 23.5. The Morgan fingerprint density at radius 3 is 1.05 bits per heavy atom. The highest BCUT2D eigenvalue weighted by molar-refractivity contribution is 7.47. The molecule has 0 aromatic heterocycles. The number of unbranched alkanes of at least 4 members (excludes halogenated alkanes) is 45. The number of nitrogens with zero attached hydrogens (tertiary/aromatic N) is 1. The lowest BCUT2D eigenvalue weighted by Gasteiger charge is -2.24. The first-order chi connectivity index (χ1) is 36.0. The minimum Gasteiger partial charge on any atom is -0.462 e. The molecule has 0 spiro atoms. The third-order valence-electron chi connectivity index (χ3n) is 14.8. The van der Waals surface area contributed by atoms with Crippen molar-refractivity contribution in [2.24, 2.45) is 0 Å². The van der Waals surface area contributed by atoms with Crippen LogP contribution >= 0.6 is 7.82 Å². The lowest BCUT2D eigenvalue weighted by molar-refractivity contribution is -0.870. The van der Waals surface area contributed by atoms with E-state index in [0.717, 1.165) is 57.8 Å². The van der Waals surface area contributed by atoms with E-state index in [0.29, 0.717) is 23.9 Å². The number of phosphoric ester groups is 1. The zero-order valence-electron chi connectivity index (χ0n) is 50.1. The van der Waals surface area contributed by atoms with Gasteiger partial charge in [-0.2, -0.15) is 0 Å². The molecule has 0 bridgehead atoms. The first kappa shape index (κ1) is 72.8. The summed E-state index contributed by atoms with van der Waals surface area (Å²) in [6.07, 6.45) is 67.9. The largest absolute Gasteiger partial charge is 0.472 e. The summed E-state index contributed by atoms with van der Waals surface area (Å²) in [7, 11) is 1.49. The molecule has 0 saturated carbocycles. The molecule has 0 rings (SSSR count). The van der Waals surface area contributed by atoms with Gasteiger partial charge in [-0.15, -0.1) is 0 Å². The molecule has 0 heterocycles. The maximum absolute atomic E-state index is 12.7. The molecule has 2 unspecified atom stereocenters. The number of phosphoric acid groups is 1. The molecule has 0 radical (unpaired) electrons. The number of likely N-dealkylation sites (N-methyl/N-ethyl adjacent to an activating group) is 1. The van der Waals surface area contributed by atoms with Crippen LogP contribution in [0.4, 0.5) is 0 Å². The van der Waals surface area contributed by atoms with Gasteiger partial charge in [-0.1, -0.05) is 302 Å². The maximum Gasteiger partial charge on any atom is 0.472 e. The fourth-order valence-electron chi connectivity index (χ4n) is 9.79. The lowest BCUT2D eigenvalue weighted by atomic mass is 10.0. The van der Waals surface area contributed by atoms with Crippen LogP contribution in [0.1, 0.15) is 335 Å². The van der Waals surface area contributed by atoms with Crippen LogP contribution in [-0.2, 0) is 32.7 Å². The molecule has 0 aromatic carbocycles. The highest BCUT2D eigenvalue weighted by Crippen LogP contribution is 2.43. The molecule has 10 heteroatoms. The monoisotopic (exact) mass is 1070 g/mol. The van der Waals surface area contributed by atoms with Gasteiger partial charge in [0.1, 0.15) is 19.8 Å². The summed E-state index contributed by atoms with van der Waals surface area (Å²) >= 11 is 0. The third-order valence-corrected chi connectivity index (χ3v) is 15.8. The Balaban J connectivity index is 3.73. The minimum absolute atomic E-state index is 0.0333. The van der Waals surface area contributed by atoms with Crippen molar-refractivity contribution in [3.63, 3.8) is 0 Å². The van der Waals surface area contributed by atoms with E-state index in [1.165, 1.54) is 244 Å². The van der Waals surface area contributed by atoms with E-state index < -0.39 is 26.5 Å². The Bertz CT molecular complexity index is 1260. The van der Waals surface area contributed by atoms with E-state index in [1.54, 1.807) is 0 Å². The van der Waals surface area contributed by atoms with E-state index in [9.17, 15) is 19.0 Å². The average molecular weight is 1070 g/mol. The summed E-state index contributed by atoms with van der Waals surface area (Å²) in [5.41, 5.74) is 0. The van der Waals surface area contributed by atoms with Gasteiger partial charge in [0, 0.05) is 12.8 Å². The standard InChI is InChI=1S/C64H126NO8P/c1-6-8-10-12-14-16-18-19-20-21-22-23-24-25-26-27-28-29-30-31-32-33-34-35-36-37-38-39-40-41-42-43-44-45-46-47-49-50-52-54-56-63(66)70-60-62(61-72-74(68,69)71-59-58-65(3,4)5)73-64(67)57-55-53-51-48-17-15-13-11-9-7-2/h11,13,62H,6-10,12,14-61H2,1-5H3/p+1/b13-11-. The number of carbonyl (C=O) groups is 2. The van der Waals surface area contributed by atoms with Crippen LogP contribution < -0.4 is 0 Å². The average Bonchev–Trinajstić information content (AvgIpc) is 3.36. The molecule has 74 heavy (non-hydrogen) atoms. The van der Waals surface area contributed by atoms with Crippen molar-refractivity contribution in [1.29, 1.82) is 0 Å². The Morgan fingerprint density at radius 2 is 0.716 bits per heavy atom. The number of hydrogen-bond donors (Lipinski definition) is 1. The van der Waals surface area contributed by atoms with Gasteiger partial charge in [0.05, 0.1) is 27.7 Å². The van der Waals surface area contributed by atoms with Crippen LogP contribution in [0.5, 0.6) is 0 Å². The predicted octanol–water partition coefficient (Wildman–Crippen LogP) is 20.4. The van der Waals surface area contributed by atoms with Crippen molar-refractivity contribution in [1.82, 2.24) is 0 Å². The molecule has 0 aliphatic rings. The van der Waals surface area contributed by atoms with Crippen LogP contribution in [-0.4, -0.2) is 74.9 Å². The molecular formula is C64H127NO8P+. The molecule has 0 aromatic rings. The maximum atomic E-state index is 12.7. The van der Waals surface area contributed by atoms with Crippen molar-refractivity contribution in [3.8, 4) is 0 Å². The fraction of sp³-hybridized carbons (Fsp3) is 0.938. The van der Waals surface area contributed by atoms with Crippen LogP contribution in [0, 0.1) is 0 Å². The molecule has 440 valence electrons. The quantitative estimate of drug-likeness (QED) is 0.0211. The molecule has 9 nitrogen and oxygen atoms in total. The molecule has 0 fully saturated rings. The number of hydrogen-bond acceptors (Lipinski definition) is 7. The highest BCUT2D eigenvalue weighted by Gasteiger charge is 2.27. The number of allylic oxidation sites excluding steroid dienone is 2. The first-order valence-electron chi connectivity index (χ1n) is 32.4. The van der Waals surface area contributed by atoms with E-state index in [4.69, 9.17) is 18.5 Å². The third kappa shape index (κ3) is 60.0. The highest BCUT2D eigenvalue weighted by atomic mass is 31.2. The summed E-state index contributed by atoms with van der Waals surface area (Å²) in [4.78, 5) is 35.5. The van der Waals surface area contributed by atoms with Crippen molar-refractivity contribution in [3.05, 3.63) is 12.2 Å². The van der Waals surface area contributed by atoms with E-state index >= 15 is 0 Å². The van der Waals surface area contributed by atoms with Gasteiger partial charge in [0.25, 0.3) is 0 Å². The van der Waals surface area contributed by atoms with Crippen LogP contribution in [0.3, 0.4) is 0 Å². The van der Waals surface area contributed by atoms with Crippen molar-refractivity contribution in [2.75, 3.05) is 47.5 Å². The van der Waals surface area contributed by atoms with Crippen molar-refractivity contribution in [2.45, 2.75) is 341 Å². The lowest BCUT2D eigenvalue weighted by Crippen LogP contribution is -2.37. The molecule has 1 N–H and O–H groups in total. The second-order valence-corrected chi connectivity index (χ2v) is 25.0. The summed E-state index contributed by atoms with van der Waals surface area (Å²) in [5.74, 6) is -0.795. The smallest absolute Gasteiger partial charge is 0.462 e. The zero-order chi connectivity index (χ0) is 54.2. The second kappa shape index (κ2) is 56.5. The number of ether oxygens (including phenoxy) is 2. The normalized spacial score (nSPS) is 13.2. The molecule has 2 atom stereocenters. The molecule has 0 amide bonds. The zero-order valence-corrected chi connectivity index (χ0v) is 51.0. The Labute approximate surface area is 460 Å². The summed E-state index contributed by atoms with van der Waals surface area (Å²) < 4.78 is 34.4. The Hall–Kier alpha value is -1.25. The number of quaternary nitrogens is 1. The van der Waals surface area contributed by atoms with Crippen molar-refractivity contribution < 1.29 is 42.1 Å². The Kier molecular flexibility index (Phi) is 55.5. The van der Waals surface area contributed by atoms with E-state index in [2.05, 4.69) is 26.0 Å². The van der Waals surface area contributed by atoms with Gasteiger partial charge in [-0.05, 0) is 32.1 Å². The van der Waals surface area contributed by atoms with Gasteiger partial charge < -0.3 is 18.9 Å². The topological polar surface area (TPSA) is 108 Å². The van der Waals surface area contributed by atoms with E-state index in [-0.39, 0.29) is 25.6 Å². The molecule has 0 aliphatic carbocycles. The summed E-state index contributed by atoms with van der Waals surface area (Å²) in [6, 6.07) is 0. The van der Waals surface area contributed by atoms with Gasteiger partial charge in [-0.3, -0.25) is 18.6 Å². The van der Waals surface area contributed by atoms with Crippen LogP contribution in [0.25, 0.3) is 0 Å². The first-order valence-corrected chi connectivity index (χ1v) is 33.9. The van der Waals surface area contributed by atoms with Crippen LogP contribution in [0.15, 0.2) is 12.2 Å². The SMILES string of the molecule is CCC/C=C\CCCCCCCC(=O)OC(COC(=O)CCCCCCCCCCCCCCCCCCCCCCCCCCCCCCCCCCCCCCCCCC)COP(=O)(O)OCC[N+](C)(C)C. The van der Waals surface area contributed by atoms with Gasteiger partial charge in [0.2, 0.25) is 0 Å². The molecule has 0 aliphatic heterocycles. The molecule has 0 saturated heterocycles. The molecular weight excluding hydrogens is 942 g/mol. The van der Waals surface area contributed by atoms with Gasteiger partial charge >= 0.3 is 19.8 Å². The summed E-state index contributed by atoms with van der Waals surface area (Å²) in [5, 5.41) is 0. The van der Waals surface area contributed by atoms with Gasteiger partial charge in [-0.25, -0.2) is 4.57 Å². The predicted molar refractivity (Wildman–Crippen MR) is 317 cm³/mol. The van der Waals surface area contributed by atoms with E-state index in [1.807, 2.05) is 21.1 Å². The van der Waals surface area contributed by atoms with Crippen LogP contribution in [0.2, 0.25) is 0 Å². The fourth-order valence-corrected chi connectivity index (χ4v) is 10.5. The van der Waals surface area contributed by atoms with Gasteiger partial charge in [0.15, 0.2) is 6.10 Å². The Morgan fingerprint density at radius 1 is 0.405 bits per heavy atom. The number of rotatable bonds is 61. The number of carbonyl (C=O) groups excluding carboxylic acids is 2. The van der Waals surface area contributed by atoms with Crippen molar-refractivity contribution >= 4 is 19.8 Å². The number of esters is 2. The minimum atomic E-state index is -4.38. The summed E-state index contributed by atoms with van der Waals surface area (Å²) in [6.45, 7) is 4.40.